The summed E-state index contributed by atoms with van der Waals surface area (Å²) in [5, 5.41) is 16.2. The minimum absolute atomic E-state index is 0.0168. The van der Waals surface area contributed by atoms with Gasteiger partial charge in [0.25, 0.3) is 0 Å². The Kier molecular flexibility index (Phi) is 1.43. The maximum absolute atomic E-state index is 11.3. The Balaban J connectivity index is 2.89. The Morgan fingerprint density at radius 3 is 2.92 bits per heavy atom. The molecule has 1 aromatic carbocycles. The quantitative estimate of drug-likeness (QED) is 0.514. The van der Waals surface area contributed by atoms with E-state index in [4.69, 9.17) is 0 Å². The van der Waals surface area contributed by atoms with Crippen molar-refractivity contribution < 1.29 is 9.79 Å². The molecule has 0 saturated heterocycles. The lowest BCUT2D eigenvalue weighted by atomic mass is 10.2. The number of rotatable bonds is 0. The standard InChI is InChI=1S/C9H8N2O/c1-11-6-9(12)7-4-2-3-5-8(7)10-11/h2-6H,1H3. The van der Waals surface area contributed by atoms with E-state index in [-0.39, 0.29) is 5.75 Å². The van der Waals surface area contributed by atoms with Crippen LogP contribution in [0.4, 0.5) is 0 Å². The van der Waals surface area contributed by atoms with Gasteiger partial charge < -0.3 is 5.11 Å². The second kappa shape index (κ2) is 2.44. The Bertz CT molecular complexity index is 426. The first kappa shape index (κ1) is 7.03. The molecule has 0 saturated carbocycles. The Labute approximate surface area is 69.9 Å². The molecule has 0 bridgehead atoms. The predicted molar refractivity (Wildman–Crippen MR) is 42.4 cm³/mol. The van der Waals surface area contributed by atoms with Crippen LogP contribution in [0, 0.1) is 0 Å². The van der Waals surface area contributed by atoms with E-state index in [1.54, 1.807) is 13.1 Å². The van der Waals surface area contributed by atoms with Crippen molar-refractivity contribution >= 4 is 10.9 Å². The topological polar surface area (TPSA) is 39.8 Å². The summed E-state index contributed by atoms with van der Waals surface area (Å²) in [7, 11) is 1.74. The van der Waals surface area contributed by atoms with Crippen molar-refractivity contribution in [2.75, 3.05) is 0 Å². The molecule has 1 aromatic heterocycles. The van der Waals surface area contributed by atoms with Crippen molar-refractivity contribution in [1.29, 1.82) is 0 Å². The summed E-state index contributed by atoms with van der Waals surface area (Å²) < 4.78 is 1.53. The zero-order valence-corrected chi connectivity index (χ0v) is 6.69. The van der Waals surface area contributed by atoms with Crippen LogP contribution >= 0.6 is 0 Å². The fraction of sp³-hybridized carbons (Fsp3) is 0.111. The number of nitrogens with zero attached hydrogens (tertiary/aromatic N) is 2. The highest BCUT2D eigenvalue weighted by atomic mass is 16.3. The van der Waals surface area contributed by atoms with Crippen molar-refractivity contribution in [3.63, 3.8) is 0 Å². The smallest absolute Gasteiger partial charge is 0.188 e. The summed E-state index contributed by atoms with van der Waals surface area (Å²) in [5.41, 5.74) is 0.743. The molecule has 3 heteroatoms. The van der Waals surface area contributed by atoms with Gasteiger partial charge in [-0.05, 0) is 16.9 Å². The van der Waals surface area contributed by atoms with Gasteiger partial charge in [0.15, 0.2) is 13.2 Å². The molecule has 2 aromatic rings. The Hall–Kier alpha value is -1.64. The van der Waals surface area contributed by atoms with Gasteiger partial charge in [0.2, 0.25) is 0 Å². The molecule has 0 aliphatic rings. The molecule has 0 radical (unpaired) electrons. The third-order valence-electron chi connectivity index (χ3n) is 1.74. The molecule has 12 heavy (non-hydrogen) atoms. The molecule has 0 atom stereocenters. The van der Waals surface area contributed by atoms with E-state index >= 15 is 0 Å². The number of hydrogen-bond donors (Lipinski definition) is 0. The van der Waals surface area contributed by atoms with Crippen LogP contribution < -0.4 is 9.79 Å². The van der Waals surface area contributed by atoms with E-state index in [1.807, 2.05) is 18.2 Å². The summed E-state index contributed by atoms with van der Waals surface area (Å²) in [6.45, 7) is 0. The lowest BCUT2D eigenvalue weighted by Gasteiger charge is -2.04. The summed E-state index contributed by atoms with van der Waals surface area (Å²) in [6.07, 6.45) is 1.47. The Morgan fingerprint density at radius 1 is 1.33 bits per heavy atom. The number of aryl methyl sites for hydroxylation is 1. The van der Waals surface area contributed by atoms with Gasteiger partial charge in [0.05, 0.1) is 0 Å². The van der Waals surface area contributed by atoms with Crippen LogP contribution in [0.25, 0.3) is 10.9 Å². The normalized spacial score (nSPS) is 10.4. The zero-order valence-electron chi connectivity index (χ0n) is 6.69. The third-order valence-corrected chi connectivity index (χ3v) is 1.74. The molecule has 0 unspecified atom stereocenters. The lowest BCUT2D eigenvalue weighted by molar-refractivity contribution is -0.730. The average Bonchev–Trinajstić information content (AvgIpc) is 2.04. The van der Waals surface area contributed by atoms with Gasteiger partial charge in [0.1, 0.15) is 5.52 Å². The molecule has 2 rings (SSSR count). The fourth-order valence-electron chi connectivity index (χ4n) is 1.21. The molecule has 0 fully saturated rings. The average molecular weight is 160 g/mol. The molecule has 0 N–H and O–H groups in total. The Morgan fingerprint density at radius 2 is 2.08 bits per heavy atom. The van der Waals surface area contributed by atoms with Crippen molar-refractivity contribution in [3.8, 4) is 5.75 Å². The summed E-state index contributed by atoms with van der Waals surface area (Å²) in [5.74, 6) is 0.0168. The van der Waals surface area contributed by atoms with Crippen molar-refractivity contribution in [1.82, 2.24) is 5.10 Å². The van der Waals surface area contributed by atoms with E-state index in [1.165, 1.54) is 10.9 Å². The molecule has 3 nitrogen and oxygen atoms in total. The van der Waals surface area contributed by atoms with Crippen LogP contribution in [0.3, 0.4) is 0 Å². The van der Waals surface area contributed by atoms with Crippen molar-refractivity contribution in [2.45, 2.75) is 0 Å². The second-order valence-corrected chi connectivity index (χ2v) is 2.68. The first-order valence-corrected chi connectivity index (χ1v) is 3.70. The minimum Gasteiger partial charge on any atom is -0.868 e. The molecular formula is C9H8N2O. The summed E-state index contributed by atoms with van der Waals surface area (Å²) in [4.78, 5) is 0. The van der Waals surface area contributed by atoms with Gasteiger partial charge in [0, 0.05) is 5.39 Å². The second-order valence-electron chi connectivity index (χ2n) is 2.68. The van der Waals surface area contributed by atoms with Gasteiger partial charge in [-0.3, -0.25) is 0 Å². The minimum atomic E-state index is 0.0168. The first-order chi connectivity index (χ1) is 5.77. The highest BCUT2D eigenvalue weighted by molar-refractivity contribution is 5.82. The van der Waals surface area contributed by atoms with Crippen molar-refractivity contribution in [2.24, 2.45) is 7.05 Å². The lowest BCUT2D eigenvalue weighted by Crippen LogP contribution is -2.32. The van der Waals surface area contributed by atoms with Crippen LogP contribution in [0.1, 0.15) is 0 Å². The van der Waals surface area contributed by atoms with Gasteiger partial charge in [-0.25, -0.2) is 0 Å². The van der Waals surface area contributed by atoms with Crippen LogP contribution in [0.15, 0.2) is 30.5 Å². The maximum atomic E-state index is 11.3. The molecule has 60 valence electrons. The maximum Gasteiger partial charge on any atom is 0.188 e. The van der Waals surface area contributed by atoms with Gasteiger partial charge in [-0.15, -0.1) is 0 Å². The van der Waals surface area contributed by atoms with Crippen molar-refractivity contribution in [3.05, 3.63) is 30.5 Å². The molecule has 0 amide bonds. The third kappa shape index (κ3) is 0.993. The zero-order chi connectivity index (χ0) is 8.55. The van der Waals surface area contributed by atoms with E-state index in [0.717, 1.165) is 5.52 Å². The number of fused-ring (bicyclic) bond motifs is 1. The fourth-order valence-corrected chi connectivity index (χ4v) is 1.21. The number of hydrogen-bond acceptors (Lipinski definition) is 2. The molecule has 0 aliphatic carbocycles. The SMILES string of the molecule is C[n+]1cc([O-])c2ccccc2n1. The number of benzene rings is 1. The van der Waals surface area contributed by atoms with Crippen LogP contribution in [-0.4, -0.2) is 5.10 Å². The number of aromatic nitrogens is 2. The monoisotopic (exact) mass is 160 g/mol. The van der Waals surface area contributed by atoms with E-state index in [2.05, 4.69) is 5.10 Å². The molecule has 1 heterocycles. The molecule has 0 aliphatic heterocycles. The van der Waals surface area contributed by atoms with E-state index in [0.29, 0.717) is 5.39 Å². The summed E-state index contributed by atoms with van der Waals surface area (Å²) in [6, 6.07) is 7.32. The van der Waals surface area contributed by atoms with Gasteiger partial charge in [-0.2, -0.15) is 0 Å². The highest BCUT2D eigenvalue weighted by Gasteiger charge is 1.99. The molecular weight excluding hydrogens is 152 g/mol. The largest absolute Gasteiger partial charge is 0.868 e. The highest BCUT2D eigenvalue weighted by Crippen LogP contribution is 2.16. The van der Waals surface area contributed by atoms with E-state index in [9.17, 15) is 5.11 Å². The van der Waals surface area contributed by atoms with Gasteiger partial charge in [-0.1, -0.05) is 22.9 Å². The van der Waals surface area contributed by atoms with Crippen LogP contribution in [0.5, 0.6) is 5.75 Å². The molecule has 0 spiro atoms. The van der Waals surface area contributed by atoms with Crippen LogP contribution in [-0.2, 0) is 7.05 Å². The van der Waals surface area contributed by atoms with Crippen LogP contribution in [0.2, 0.25) is 0 Å². The predicted octanol–water partition coefficient (Wildman–Crippen LogP) is 0.133. The summed E-state index contributed by atoms with van der Waals surface area (Å²) >= 11 is 0. The van der Waals surface area contributed by atoms with Gasteiger partial charge >= 0.3 is 0 Å². The first-order valence-electron chi connectivity index (χ1n) is 3.70. The van der Waals surface area contributed by atoms with E-state index < -0.39 is 0 Å².